The number of methoxy groups -OCH3 is 2. The van der Waals surface area contributed by atoms with Crippen LogP contribution in [0, 0.1) is 17.1 Å². The number of hydrogen-bond donors (Lipinski definition) is 0. The summed E-state index contributed by atoms with van der Waals surface area (Å²) in [7, 11) is 2.71. The molecule has 26 heavy (non-hydrogen) atoms. The number of pyridine rings is 1. The fraction of sp³-hybridized carbons (Fsp3) is 0.158. The number of rotatable bonds is 5. The Bertz CT molecular complexity index is 1020. The highest BCUT2D eigenvalue weighted by Crippen LogP contribution is 2.33. The van der Waals surface area contributed by atoms with Crippen LogP contribution in [0.15, 0.2) is 42.6 Å². The highest BCUT2D eigenvalue weighted by Gasteiger charge is 2.22. The number of esters is 1. The molecule has 0 aliphatic rings. The maximum absolute atomic E-state index is 14.9. The zero-order valence-electron chi connectivity index (χ0n) is 14.2. The van der Waals surface area contributed by atoms with Crippen molar-refractivity contribution in [3.63, 3.8) is 0 Å². The molecule has 3 rings (SSSR count). The van der Waals surface area contributed by atoms with Gasteiger partial charge < -0.3 is 18.6 Å². The summed E-state index contributed by atoms with van der Waals surface area (Å²) in [6, 6.07) is 11.6. The summed E-state index contributed by atoms with van der Waals surface area (Å²) < 4.78 is 31.5. The van der Waals surface area contributed by atoms with Crippen LogP contribution >= 0.6 is 0 Å². The van der Waals surface area contributed by atoms with E-state index in [4.69, 9.17) is 14.2 Å². The molecule has 0 saturated heterocycles. The third kappa shape index (κ3) is 2.87. The van der Waals surface area contributed by atoms with Gasteiger partial charge in [-0.2, -0.15) is 5.26 Å². The number of nitrogens with zero attached hydrogens (tertiary/aromatic N) is 2. The smallest absolute Gasteiger partial charge is 0.341 e. The fourth-order valence-corrected chi connectivity index (χ4v) is 2.74. The lowest BCUT2D eigenvalue weighted by molar-refractivity contribution is 0.0465. The van der Waals surface area contributed by atoms with E-state index in [9.17, 15) is 14.4 Å². The van der Waals surface area contributed by atoms with E-state index in [-0.39, 0.29) is 29.4 Å². The lowest BCUT2D eigenvalue weighted by Crippen LogP contribution is -2.08. The first-order valence-electron chi connectivity index (χ1n) is 7.65. The Hall–Kier alpha value is -3.37. The molecule has 0 spiro atoms. The first-order valence-corrected chi connectivity index (χ1v) is 7.65. The van der Waals surface area contributed by atoms with Crippen LogP contribution in [0.25, 0.3) is 16.8 Å². The summed E-state index contributed by atoms with van der Waals surface area (Å²) in [6.07, 6.45) is 1.67. The van der Waals surface area contributed by atoms with Crippen molar-refractivity contribution in [3.8, 4) is 23.1 Å². The second kappa shape index (κ2) is 7.25. The monoisotopic (exact) mass is 354 g/mol. The zero-order valence-corrected chi connectivity index (χ0v) is 14.2. The zero-order chi connectivity index (χ0) is 18.7. The Balaban J connectivity index is 2.22. The molecular formula is C19H15FN2O4. The van der Waals surface area contributed by atoms with Gasteiger partial charge in [0, 0.05) is 18.9 Å². The van der Waals surface area contributed by atoms with Crippen LogP contribution in [-0.2, 0) is 9.47 Å². The molecule has 132 valence electrons. The summed E-state index contributed by atoms with van der Waals surface area (Å²) in [4.78, 5) is 11.9. The van der Waals surface area contributed by atoms with Gasteiger partial charge in [0.25, 0.3) is 0 Å². The summed E-state index contributed by atoms with van der Waals surface area (Å²) in [5.74, 6) is -1.02. The fourth-order valence-electron chi connectivity index (χ4n) is 2.74. The molecule has 0 aliphatic carbocycles. The second-order valence-electron chi connectivity index (χ2n) is 5.36. The van der Waals surface area contributed by atoms with Gasteiger partial charge in [0.15, 0.2) is 12.6 Å². The molecule has 0 unspecified atom stereocenters. The summed E-state index contributed by atoms with van der Waals surface area (Å²) in [6.45, 7) is -0.0890. The number of fused-ring (bicyclic) bond motifs is 1. The predicted octanol–water partition coefficient (Wildman–Crippen LogP) is 3.39. The topological polar surface area (TPSA) is 73.0 Å². The number of benzene rings is 1. The number of aromatic nitrogens is 1. The Morgan fingerprint density at radius 1 is 1.27 bits per heavy atom. The van der Waals surface area contributed by atoms with Gasteiger partial charge in [-0.15, -0.1) is 0 Å². The highest BCUT2D eigenvalue weighted by atomic mass is 19.1. The van der Waals surface area contributed by atoms with Gasteiger partial charge in [-0.3, -0.25) is 0 Å². The molecule has 1 aromatic carbocycles. The van der Waals surface area contributed by atoms with Gasteiger partial charge in [-0.05, 0) is 24.3 Å². The van der Waals surface area contributed by atoms with Crippen molar-refractivity contribution in [2.24, 2.45) is 0 Å². The van der Waals surface area contributed by atoms with Gasteiger partial charge >= 0.3 is 5.97 Å². The molecule has 0 amide bonds. The van der Waals surface area contributed by atoms with Crippen LogP contribution in [-0.4, -0.2) is 31.4 Å². The molecule has 0 bridgehead atoms. The highest BCUT2D eigenvalue weighted by molar-refractivity contribution is 5.93. The van der Waals surface area contributed by atoms with Crippen LogP contribution in [0.3, 0.4) is 0 Å². The molecule has 2 aromatic heterocycles. The van der Waals surface area contributed by atoms with Crippen molar-refractivity contribution in [1.29, 1.82) is 5.26 Å². The van der Waals surface area contributed by atoms with Crippen LogP contribution in [0.2, 0.25) is 0 Å². The third-order valence-corrected chi connectivity index (χ3v) is 3.89. The van der Waals surface area contributed by atoms with Crippen molar-refractivity contribution >= 4 is 11.5 Å². The summed E-state index contributed by atoms with van der Waals surface area (Å²) >= 11 is 0. The van der Waals surface area contributed by atoms with E-state index in [1.807, 2.05) is 6.07 Å². The molecule has 0 N–H and O–H groups in total. The molecule has 6 nitrogen and oxygen atoms in total. The minimum atomic E-state index is -0.637. The Morgan fingerprint density at radius 3 is 2.77 bits per heavy atom. The first-order chi connectivity index (χ1) is 12.6. The molecular weight excluding hydrogens is 339 g/mol. The van der Waals surface area contributed by atoms with E-state index < -0.39 is 11.8 Å². The third-order valence-electron chi connectivity index (χ3n) is 3.89. The molecule has 3 aromatic rings. The number of carbonyl (C=O) groups is 1. The van der Waals surface area contributed by atoms with Gasteiger partial charge in [-0.25, -0.2) is 9.18 Å². The molecule has 2 heterocycles. The van der Waals surface area contributed by atoms with E-state index in [2.05, 4.69) is 0 Å². The normalized spacial score (nSPS) is 10.5. The Morgan fingerprint density at radius 2 is 2.08 bits per heavy atom. The molecule has 0 aliphatic heterocycles. The van der Waals surface area contributed by atoms with E-state index in [0.29, 0.717) is 11.1 Å². The lowest BCUT2D eigenvalue weighted by atomic mass is 10.1. The van der Waals surface area contributed by atoms with Crippen molar-refractivity contribution in [1.82, 2.24) is 4.40 Å². The van der Waals surface area contributed by atoms with Gasteiger partial charge in [-0.1, -0.05) is 12.1 Å². The Kier molecular flexibility index (Phi) is 4.87. The number of ether oxygens (including phenoxy) is 3. The van der Waals surface area contributed by atoms with Crippen molar-refractivity contribution in [2.75, 3.05) is 21.0 Å². The Labute approximate surface area is 148 Å². The van der Waals surface area contributed by atoms with E-state index in [1.165, 1.54) is 26.4 Å². The van der Waals surface area contributed by atoms with Gasteiger partial charge in [0.1, 0.15) is 22.9 Å². The average molecular weight is 354 g/mol. The SMILES string of the molecule is COCOc1cc(-c2c(F)c(C#N)c3ccccn23)ccc1C(=O)OC. The van der Waals surface area contributed by atoms with Gasteiger partial charge in [0.2, 0.25) is 0 Å². The minimum Gasteiger partial charge on any atom is -0.467 e. The standard InChI is InChI=1S/C19H15FN2O4/c1-24-11-26-16-9-12(6-7-13(16)19(23)25-2)18-17(20)14(10-21)15-5-3-4-8-22(15)18/h3-9H,11H2,1-2H3. The molecule has 7 heteroatoms. The van der Waals surface area contributed by atoms with Crippen molar-refractivity contribution < 1.29 is 23.4 Å². The van der Waals surface area contributed by atoms with Crippen LogP contribution in [0.1, 0.15) is 15.9 Å². The number of hydrogen-bond acceptors (Lipinski definition) is 5. The summed E-state index contributed by atoms with van der Waals surface area (Å²) in [5.41, 5.74) is 1.26. The number of nitriles is 1. The molecule has 0 fully saturated rings. The van der Waals surface area contributed by atoms with Crippen LogP contribution in [0.4, 0.5) is 4.39 Å². The summed E-state index contributed by atoms with van der Waals surface area (Å²) in [5, 5.41) is 9.29. The van der Waals surface area contributed by atoms with Crippen molar-refractivity contribution in [3.05, 3.63) is 59.5 Å². The maximum atomic E-state index is 14.9. The van der Waals surface area contributed by atoms with E-state index in [0.717, 1.165) is 0 Å². The number of halogens is 1. The quantitative estimate of drug-likeness (QED) is 0.519. The van der Waals surface area contributed by atoms with Crippen LogP contribution < -0.4 is 4.74 Å². The average Bonchev–Trinajstić information content (AvgIpc) is 2.96. The van der Waals surface area contributed by atoms with E-state index >= 15 is 0 Å². The predicted molar refractivity (Wildman–Crippen MR) is 91.3 cm³/mol. The molecule has 0 saturated carbocycles. The van der Waals surface area contributed by atoms with Crippen molar-refractivity contribution in [2.45, 2.75) is 0 Å². The maximum Gasteiger partial charge on any atom is 0.341 e. The van der Waals surface area contributed by atoms with Gasteiger partial charge in [0.05, 0.1) is 18.3 Å². The lowest BCUT2D eigenvalue weighted by Gasteiger charge is -2.12. The first kappa shape index (κ1) is 17.5. The van der Waals surface area contributed by atoms with Crippen LogP contribution in [0.5, 0.6) is 5.75 Å². The largest absolute Gasteiger partial charge is 0.467 e. The van der Waals surface area contributed by atoms with E-state index in [1.54, 1.807) is 34.9 Å². The minimum absolute atomic E-state index is 0.0444. The molecule has 0 radical (unpaired) electrons. The number of carbonyl (C=O) groups excluding carboxylic acids is 1. The molecule has 0 atom stereocenters. The second-order valence-corrected chi connectivity index (χ2v) is 5.36.